The van der Waals surface area contributed by atoms with E-state index in [2.05, 4.69) is 9.89 Å². The van der Waals surface area contributed by atoms with Crippen LogP contribution in [0.2, 0.25) is 0 Å². The number of ether oxygens (including phenoxy) is 1. The van der Waals surface area contributed by atoms with E-state index in [1.165, 1.54) is 23.5 Å². The minimum absolute atomic E-state index is 0.0615. The third kappa shape index (κ3) is 6.63. The summed E-state index contributed by atoms with van der Waals surface area (Å²) in [5.74, 6) is 0.482. The fraction of sp³-hybridized carbons (Fsp3) is 0.296. The molecule has 202 valence electrons. The molecule has 12 heteroatoms. The number of rotatable bonds is 7. The van der Waals surface area contributed by atoms with Crippen molar-refractivity contribution in [1.29, 1.82) is 0 Å². The number of nitrogens with zero attached hydrogens (tertiary/aromatic N) is 4. The molecule has 0 unspecified atom stereocenters. The van der Waals surface area contributed by atoms with Crippen LogP contribution in [-0.4, -0.2) is 81.7 Å². The highest BCUT2D eigenvalue weighted by atomic mass is 32.2. The fourth-order valence-corrected chi connectivity index (χ4v) is 7.27. The molecule has 0 saturated carbocycles. The summed E-state index contributed by atoms with van der Waals surface area (Å²) in [5, 5.41) is 2.65. The van der Waals surface area contributed by atoms with Crippen LogP contribution < -0.4 is 4.74 Å². The molecule has 1 aromatic heterocycles. The maximum atomic E-state index is 12.8. The summed E-state index contributed by atoms with van der Waals surface area (Å²) >= 11 is 9.65. The zero-order chi connectivity index (χ0) is 27.4. The number of thiophene rings is 1. The van der Waals surface area contributed by atoms with E-state index in [0.717, 1.165) is 16.2 Å². The number of carbonyl (C=O) groups is 3. The number of hydrogen-bond acceptors (Lipinski definition) is 9. The van der Waals surface area contributed by atoms with Gasteiger partial charge in [-0.2, -0.15) is 4.99 Å². The summed E-state index contributed by atoms with van der Waals surface area (Å²) in [4.78, 5) is 50.0. The maximum absolute atomic E-state index is 12.8. The summed E-state index contributed by atoms with van der Waals surface area (Å²) in [5.41, 5.74) is 0.906. The molecule has 0 atom stereocenters. The minimum atomic E-state index is -0.245. The smallest absolute Gasteiger partial charge is 0.286 e. The van der Waals surface area contributed by atoms with Gasteiger partial charge in [-0.15, -0.1) is 11.3 Å². The van der Waals surface area contributed by atoms with E-state index in [4.69, 9.17) is 17.0 Å². The van der Waals surface area contributed by atoms with Crippen LogP contribution in [-0.2, 0) is 14.4 Å². The van der Waals surface area contributed by atoms with Gasteiger partial charge in [0.2, 0.25) is 5.91 Å². The molecule has 39 heavy (non-hydrogen) atoms. The van der Waals surface area contributed by atoms with E-state index in [1.807, 2.05) is 58.8 Å². The number of piperazine rings is 1. The van der Waals surface area contributed by atoms with Crippen molar-refractivity contribution in [1.82, 2.24) is 14.7 Å². The van der Waals surface area contributed by atoms with Gasteiger partial charge in [0.05, 0.1) is 16.9 Å². The molecule has 0 radical (unpaired) electrons. The zero-order valence-electron chi connectivity index (χ0n) is 21.2. The molecular formula is C27H26N4O4S4. The number of hydrogen-bond donors (Lipinski definition) is 0. The van der Waals surface area contributed by atoms with Gasteiger partial charge in [0.25, 0.3) is 11.8 Å². The SMILES string of the molecule is COc1ccc(/C=C2\SC(N3CCN(C(=O)CCCN4C(=O)/C(=C\c5cccs5)SC4=S)CC3)=NC2=O)cc1. The van der Waals surface area contributed by atoms with Gasteiger partial charge in [-0.1, -0.05) is 42.2 Å². The third-order valence-corrected chi connectivity index (χ3v) is 9.63. The third-order valence-electron chi connectivity index (χ3n) is 6.39. The van der Waals surface area contributed by atoms with Crippen molar-refractivity contribution in [2.24, 2.45) is 4.99 Å². The van der Waals surface area contributed by atoms with Gasteiger partial charge in [0.1, 0.15) is 10.1 Å². The van der Waals surface area contributed by atoms with E-state index < -0.39 is 0 Å². The molecule has 2 fully saturated rings. The summed E-state index contributed by atoms with van der Waals surface area (Å²) in [7, 11) is 1.61. The Morgan fingerprint density at radius 3 is 2.51 bits per heavy atom. The van der Waals surface area contributed by atoms with Gasteiger partial charge in [-0.05, 0) is 59.5 Å². The summed E-state index contributed by atoms with van der Waals surface area (Å²) in [6.45, 7) is 2.78. The number of benzene rings is 1. The highest BCUT2D eigenvalue weighted by Crippen LogP contribution is 2.34. The first-order valence-electron chi connectivity index (χ1n) is 12.4. The molecule has 0 spiro atoms. The van der Waals surface area contributed by atoms with Crippen molar-refractivity contribution in [3.05, 3.63) is 62.0 Å². The summed E-state index contributed by atoms with van der Waals surface area (Å²) in [6, 6.07) is 11.4. The molecule has 1 aromatic carbocycles. The van der Waals surface area contributed by atoms with Crippen LogP contribution in [0.4, 0.5) is 0 Å². The second-order valence-electron chi connectivity index (χ2n) is 8.90. The van der Waals surface area contributed by atoms with E-state index in [9.17, 15) is 14.4 Å². The number of methoxy groups -OCH3 is 1. The molecule has 4 heterocycles. The lowest BCUT2D eigenvalue weighted by molar-refractivity contribution is -0.133. The van der Waals surface area contributed by atoms with Crippen molar-refractivity contribution in [3.63, 3.8) is 0 Å². The van der Waals surface area contributed by atoms with Crippen LogP contribution in [0.1, 0.15) is 23.3 Å². The second kappa shape index (κ2) is 12.5. The van der Waals surface area contributed by atoms with Gasteiger partial charge < -0.3 is 14.5 Å². The highest BCUT2D eigenvalue weighted by molar-refractivity contribution is 8.26. The molecule has 0 N–H and O–H groups in total. The predicted molar refractivity (Wildman–Crippen MR) is 163 cm³/mol. The first-order valence-corrected chi connectivity index (χ1v) is 15.3. The Morgan fingerprint density at radius 2 is 1.82 bits per heavy atom. The van der Waals surface area contributed by atoms with Crippen LogP contribution in [0.25, 0.3) is 12.2 Å². The van der Waals surface area contributed by atoms with Gasteiger partial charge in [0.15, 0.2) is 5.17 Å². The minimum Gasteiger partial charge on any atom is -0.497 e. The lowest BCUT2D eigenvalue weighted by Gasteiger charge is -2.35. The Labute approximate surface area is 244 Å². The lowest BCUT2D eigenvalue weighted by atomic mass is 10.2. The van der Waals surface area contributed by atoms with Crippen LogP contribution >= 0.6 is 47.1 Å². The fourth-order valence-electron chi connectivity index (χ4n) is 4.27. The Kier molecular flexibility index (Phi) is 8.85. The van der Waals surface area contributed by atoms with Gasteiger partial charge in [0, 0.05) is 44.0 Å². The highest BCUT2D eigenvalue weighted by Gasteiger charge is 2.33. The molecule has 0 aliphatic carbocycles. The number of aliphatic imine (C=N–C) groups is 1. The molecule has 3 amide bonds. The normalized spacial score (nSPS) is 20.0. The number of thiocarbonyl (C=S) groups is 1. The molecule has 2 aromatic rings. The van der Waals surface area contributed by atoms with Crippen molar-refractivity contribution < 1.29 is 19.1 Å². The molecule has 5 rings (SSSR count). The summed E-state index contributed by atoms with van der Waals surface area (Å²) in [6.07, 6.45) is 4.60. The Hall–Kier alpha value is -2.93. The van der Waals surface area contributed by atoms with Crippen molar-refractivity contribution in [2.45, 2.75) is 12.8 Å². The number of thioether (sulfide) groups is 2. The quantitative estimate of drug-likeness (QED) is 0.339. The Morgan fingerprint density at radius 1 is 1.05 bits per heavy atom. The largest absolute Gasteiger partial charge is 0.497 e. The average Bonchev–Trinajstić information content (AvgIpc) is 3.66. The second-order valence-corrected chi connectivity index (χ2v) is 12.6. The molecular weight excluding hydrogens is 573 g/mol. The standard InChI is InChI=1S/C27H26N4O4S4/c1-35-19-8-6-18(7-9-19)16-21-24(33)28-26(38-21)30-13-11-29(12-14-30)23(32)5-2-10-31-25(34)22(39-27(31)36)17-20-4-3-15-37-20/h3-4,6-9,15-17H,2,5,10-14H2,1H3/b21-16-,22-17+. The predicted octanol–water partition coefficient (Wildman–Crippen LogP) is 4.55. The first kappa shape index (κ1) is 27.6. The average molecular weight is 599 g/mol. The van der Waals surface area contributed by atoms with Crippen molar-refractivity contribution in [2.75, 3.05) is 39.8 Å². The Balaban J connectivity index is 1.07. The van der Waals surface area contributed by atoms with E-state index >= 15 is 0 Å². The molecule has 8 nitrogen and oxygen atoms in total. The topological polar surface area (TPSA) is 82.5 Å². The van der Waals surface area contributed by atoms with Gasteiger partial charge >= 0.3 is 0 Å². The van der Waals surface area contributed by atoms with Crippen LogP contribution in [0.5, 0.6) is 5.75 Å². The van der Waals surface area contributed by atoms with E-state index in [-0.39, 0.29) is 17.7 Å². The van der Waals surface area contributed by atoms with Crippen molar-refractivity contribution in [3.8, 4) is 5.75 Å². The van der Waals surface area contributed by atoms with Gasteiger partial charge in [-0.25, -0.2) is 0 Å². The van der Waals surface area contributed by atoms with E-state index in [1.54, 1.807) is 23.3 Å². The molecule has 2 saturated heterocycles. The summed E-state index contributed by atoms with van der Waals surface area (Å²) < 4.78 is 5.72. The number of amidine groups is 1. The van der Waals surface area contributed by atoms with Crippen LogP contribution in [0.15, 0.2) is 56.6 Å². The molecule has 0 bridgehead atoms. The molecule has 3 aliphatic heterocycles. The Bertz CT molecular complexity index is 1360. The van der Waals surface area contributed by atoms with Crippen molar-refractivity contribution >= 4 is 86.4 Å². The van der Waals surface area contributed by atoms with Gasteiger partial charge in [-0.3, -0.25) is 19.3 Å². The van der Waals surface area contributed by atoms with E-state index in [0.29, 0.717) is 64.9 Å². The monoisotopic (exact) mass is 598 g/mol. The maximum Gasteiger partial charge on any atom is 0.286 e. The lowest BCUT2D eigenvalue weighted by Crippen LogP contribution is -2.49. The van der Waals surface area contributed by atoms with Crippen LogP contribution in [0.3, 0.4) is 0 Å². The molecule has 3 aliphatic rings. The first-order chi connectivity index (χ1) is 18.9. The number of carbonyl (C=O) groups excluding carboxylic acids is 3. The van der Waals surface area contributed by atoms with Crippen LogP contribution in [0, 0.1) is 0 Å². The number of amides is 3. The zero-order valence-corrected chi connectivity index (χ0v) is 24.5.